The Labute approximate surface area is 129 Å². The highest BCUT2D eigenvalue weighted by molar-refractivity contribution is 5.79. The van der Waals surface area contributed by atoms with E-state index in [0.717, 1.165) is 48.8 Å². The second kappa shape index (κ2) is 4.88. The first-order chi connectivity index (χ1) is 10.7. The minimum Gasteiger partial charge on any atom is -0.479 e. The molecule has 5 heteroatoms. The number of fused-ring (bicyclic) bond motifs is 4. The maximum Gasteiger partial charge on any atom is 0.152 e. The molecule has 4 rings (SSSR count). The molecule has 2 aliphatic heterocycles. The monoisotopic (exact) mass is 297 g/mol. The topological polar surface area (TPSA) is 50.0 Å². The zero-order chi connectivity index (χ0) is 15.2. The van der Waals surface area contributed by atoms with Crippen LogP contribution in [0, 0.1) is 0 Å². The summed E-state index contributed by atoms with van der Waals surface area (Å²) in [5.74, 6) is 0.892. The largest absolute Gasteiger partial charge is 0.479 e. The fourth-order valence-electron chi connectivity index (χ4n) is 3.57. The number of hydrogen-bond donors (Lipinski definition) is 1. The molecule has 0 aliphatic carbocycles. The van der Waals surface area contributed by atoms with Gasteiger partial charge in [0.15, 0.2) is 5.60 Å². The maximum atomic E-state index is 8.94. The maximum absolute atomic E-state index is 8.94. The Kier molecular flexibility index (Phi) is 2.97. The third-order valence-corrected chi connectivity index (χ3v) is 4.77. The lowest BCUT2D eigenvalue weighted by Gasteiger charge is -2.44. The van der Waals surface area contributed by atoms with Gasteiger partial charge in [0.05, 0.1) is 23.3 Å². The normalized spacial score (nSPS) is 19.9. The molecule has 3 heterocycles. The summed E-state index contributed by atoms with van der Waals surface area (Å²) in [5.41, 5.74) is 2.73. The summed E-state index contributed by atoms with van der Waals surface area (Å²) < 4.78 is 8.63. The predicted molar refractivity (Wildman–Crippen MR) is 84.2 cm³/mol. The number of aromatic nitrogens is 1. The van der Waals surface area contributed by atoms with E-state index in [1.165, 1.54) is 6.21 Å². The van der Waals surface area contributed by atoms with Gasteiger partial charge in [0, 0.05) is 25.9 Å². The Morgan fingerprint density at radius 1 is 1.18 bits per heavy atom. The van der Waals surface area contributed by atoms with Crippen LogP contribution in [0.1, 0.15) is 24.2 Å². The summed E-state index contributed by atoms with van der Waals surface area (Å²) in [6.07, 6.45) is 3.39. The van der Waals surface area contributed by atoms with E-state index in [2.05, 4.69) is 27.7 Å². The molecule has 1 spiro atoms. The van der Waals surface area contributed by atoms with Gasteiger partial charge >= 0.3 is 0 Å². The molecule has 5 nitrogen and oxygen atoms in total. The van der Waals surface area contributed by atoms with Crippen molar-refractivity contribution in [2.75, 3.05) is 20.1 Å². The van der Waals surface area contributed by atoms with Gasteiger partial charge < -0.3 is 19.4 Å². The van der Waals surface area contributed by atoms with Gasteiger partial charge in [-0.05, 0) is 31.3 Å². The molecule has 22 heavy (non-hydrogen) atoms. The first kappa shape index (κ1) is 13.4. The van der Waals surface area contributed by atoms with E-state index < -0.39 is 0 Å². The highest BCUT2D eigenvalue weighted by Gasteiger charge is 2.43. The predicted octanol–water partition coefficient (Wildman–Crippen LogP) is 2.60. The van der Waals surface area contributed by atoms with E-state index >= 15 is 0 Å². The highest BCUT2D eigenvalue weighted by atomic mass is 16.5. The van der Waals surface area contributed by atoms with Gasteiger partial charge in [0.1, 0.15) is 5.75 Å². The molecule has 0 unspecified atom stereocenters. The average molecular weight is 297 g/mol. The number of ether oxygens (including phenoxy) is 1. The van der Waals surface area contributed by atoms with Crippen LogP contribution in [0.4, 0.5) is 0 Å². The number of oxime groups is 1. The third kappa shape index (κ3) is 1.85. The van der Waals surface area contributed by atoms with Gasteiger partial charge in [0.25, 0.3) is 0 Å². The minimum absolute atomic E-state index is 0.289. The third-order valence-electron chi connectivity index (χ3n) is 4.77. The molecule has 0 atom stereocenters. The Morgan fingerprint density at radius 3 is 2.73 bits per heavy atom. The number of hydrogen-bond acceptors (Lipinski definition) is 4. The van der Waals surface area contributed by atoms with Crippen LogP contribution in [0.15, 0.2) is 41.6 Å². The lowest BCUT2D eigenvalue weighted by Crippen LogP contribution is -2.47. The summed E-state index contributed by atoms with van der Waals surface area (Å²) >= 11 is 0. The van der Waals surface area contributed by atoms with Gasteiger partial charge in [-0.15, -0.1) is 0 Å². The van der Waals surface area contributed by atoms with Crippen molar-refractivity contribution in [2.45, 2.75) is 18.4 Å². The van der Waals surface area contributed by atoms with Crippen LogP contribution in [-0.4, -0.2) is 41.0 Å². The minimum atomic E-state index is -0.289. The van der Waals surface area contributed by atoms with Crippen molar-refractivity contribution >= 4 is 6.21 Å². The zero-order valence-electron chi connectivity index (χ0n) is 12.6. The smallest absolute Gasteiger partial charge is 0.152 e. The fourth-order valence-corrected chi connectivity index (χ4v) is 3.57. The van der Waals surface area contributed by atoms with E-state index in [0.29, 0.717) is 0 Å². The second-order valence-electron chi connectivity index (χ2n) is 6.09. The van der Waals surface area contributed by atoms with Crippen molar-refractivity contribution in [3.63, 3.8) is 0 Å². The molecule has 114 valence electrons. The standard InChI is InChI=1S/C17H19N3O2/c1-19-10-8-17(9-11-19)16-7-6-13(12-18-21)20(16)14-4-2-3-5-15(14)22-17/h2-7,12,21H,8-11H2,1H3/b18-12-. The van der Waals surface area contributed by atoms with Crippen LogP contribution in [0.3, 0.4) is 0 Å². The van der Waals surface area contributed by atoms with Gasteiger partial charge in [-0.25, -0.2) is 0 Å². The fraction of sp³-hybridized carbons (Fsp3) is 0.353. The number of likely N-dealkylation sites (tertiary alicyclic amines) is 1. The lowest BCUT2D eigenvalue weighted by molar-refractivity contribution is -0.00714. The molecular weight excluding hydrogens is 278 g/mol. The number of piperidine rings is 1. The number of rotatable bonds is 1. The first-order valence-electron chi connectivity index (χ1n) is 7.60. The molecule has 1 N–H and O–H groups in total. The molecule has 0 bridgehead atoms. The molecule has 1 fully saturated rings. The van der Waals surface area contributed by atoms with Gasteiger partial charge in [-0.2, -0.15) is 0 Å². The Balaban J connectivity index is 1.91. The van der Waals surface area contributed by atoms with Crippen molar-refractivity contribution in [3.8, 4) is 11.4 Å². The quantitative estimate of drug-likeness (QED) is 0.500. The van der Waals surface area contributed by atoms with Gasteiger partial charge in [-0.3, -0.25) is 0 Å². The van der Waals surface area contributed by atoms with Crippen LogP contribution in [0.25, 0.3) is 5.69 Å². The van der Waals surface area contributed by atoms with E-state index in [9.17, 15) is 0 Å². The van der Waals surface area contributed by atoms with Crippen molar-refractivity contribution in [3.05, 3.63) is 47.8 Å². The molecule has 1 aromatic carbocycles. The van der Waals surface area contributed by atoms with Crippen LogP contribution in [0.5, 0.6) is 5.75 Å². The second-order valence-corrected chi connectivity index (χ2v) is 6.09. The van der Waals surface area contributed by atoms with E-state index in [4.69, 9.17) is 9.94 Å². The molecule has 2 aromatic rings. The van der Waals surface area contributed by atoms with E-state index in [1.54, 1.807) is 0 Å². The summed E-state index contributed by atoms with van der Waals surface area (Å²) in [6.45, 7) is 2.02. The van der Waals surface area contributed by atoms with Crippen molar-refractivity contribution in [1.29, 1.82) is 0 Å². The van der Waals surface area contributed by atoms with Crippen molar-refractivity contribution in [1.82, 2.24) is 9.47 Å². The number of para-hydroxylation sites is 2. The first-order valence-corrected chi connectivity index (χ1v) is 7.60. The average Bonchev–Trinajstić information content (AvgIpc) is 2.96. The van der Waals surface area contributed by atoms with Crippen molar-refractivity contribution < 1.29 is 9.94 Å². The van der Waals surface area contributed by atoms with Gasteiger partial charge in [-0.1, -0.05) is 17.3 Å². The lowest BCUT2D eigenvalue weighted by atomic mass is 9.86. The number of benzene rings is 1. The van der Waals surface area contributed by atoms with Crippen LogP contribution in [-0.2, 0) is 5.60 Å². The summed E-state index contributed by atoms with van der Waals surface area (Å²) in [7, 11) is 2.15. The summed E-state index contributed by atoms with van der Waals surface area (Å²) in [5, 5.41) is 12.2. The van der Waals surface area contributed by atoms with Crippen molar-refractivity contribution in [2.24, 2.45) is 5.16 Å². The molecule has 1 aromatic heterocycles. The van der Waals surface area contributed by atoms with E-state index in [1.807, 2.05) is 30.3 Å². The molecule has 0 radical (unpaired) electrons. The molecule has 1 saturated heterocycles. The Morgan fingerprint density at radius 2 is 1.95 bits per heavy atom. The summed E-state index contributed by atoms with van der Waals surface area (Å²) in [4.78, 5) is 2.33. The Hall–Kier alpha value is -2.27. The van der Waals surface area contributed by atoms with Crippen LogP contribution >= 0.6 is 0 Å². The van der Waals surface area contributed by atoms with Crippen LogP contribution in [0.2, 0.25) is 0 Å². The molecule has 0 amide bonds. The number of nitrogens with zero attached hydrogens (tertiary/aromatic N) is 3. The SMILES string of the molecule is CN1CCC2(CC1)Oc1ccccc1-n1c(/C=N\O)ccc12. The van der Waals surface area contributed by atoms with Gasteiger partial charge in [0.2, 0.25) is 0 Å². The molecule has 2 aliphatic rings. The Bertz CT molecular complexity index is 727. The highest BCUT2D eigenvalue weighted by Crippen LogP contribution is 2.45. The molecule has 0 saturated carbocycles. The summed E-state index contributed by atoms with van der Waals surface area (Å²) in [6, 6.07) is 12.1. The van der Waals surface area contributed by atoms with Crippen LogP contribution < -0.4 is 4.74 Å². The molecular formula is C17H19N3O2. The van der Waals surface area contributed by atoms with E-state index in [-0.39, 0.29) is 5.60 Å². The zero-order valence-corrected chi connectivity index (χ0v) is 12.6.